The van der Waals surface area contributed by atoms with Crippen LogP contribution in [0.2, 0.25) is 0 Å². The van der Waals surface area contributed by atoms with Crippen LogP contribution in [0.1, 0.15) is 26.3 Å². The van der Waals surface area contributed by atoms with E-state index in [4.69, 9.17) is 0 Å². The van der Waals surface area contributed by atoms with Crippen molar-refractivity contribution in [2.45, 2.75) is 32.9 Å². The number of aromatic nitrogens is 1. The van der Waals surface area contributed by atoms with Gasteiger partial charge >= 0.3 is 0 Å². The van der Waals surface area contributed by atoms with Gasteiger partial charge < -0.3 is 10.2 Å². The second kappa shape index (κ2) is 6.14. The molecule has 0 unspecified atom stereocenters. The number of pyridine rings is 1. The third-order valence-corrected chi connectivity index (χ3v) is 4.22. The summed E-state index contributed by atoms with van der Waals surface area (Å²) < 4.78 is 1.16. The summed E-state index contributed by atoms with van der Waals surface area (Å²) in [5.41, 5.74) is 1.31. The number of nitrogens with zero attached hydrogens (tertiary/aromatic N) is 2. The van der Waals surface area contributed by atoms with Gasteiger partial charge in [0.1, 0.15) is 11.6 Å². The number of thiophene rings is 1. The Labute approximate surface area is 133 Å². The van der Waals surface area contributed by atoms with Crippen LogP contribution >= 0.6 is 27.3 Å². The van der Waals surface area contributed by atoms with E-state index in [9.17, 15) is 0 Å². The Morgan fingerprint density at radius 1 is 1.35 bits per heavy atom. The van der Waals surface area contributed by atoms with E-state index < -0.39 is 0 Å². The molecule has 0 fully saturated rings. The van der Waals surface area contributed by atoms with Crippen LogP contribution in [0.15, 0.2) is 33.4 Å². The maximum absolute atomic E-state index is 4.67. The Balaban J connectivity index is 2.10. The number of hydrogen-bond donors (Lipinski definition) is 1. The van der Waals surface area contributed by atoms with E-state index in [1.807, 2.05) is 18.2 Å². The van der Waals surface area contributed by atoms with Crippen molar-refractivity contribution >= 4 is 38.9 Å². The SMILES string of the molecule is CN(Cc1csc(Br)c1)c1cccc(NC(C)(C)C)n1. The van der Waals surface area contributed by atoms with Gasteiger partial charge in [0.15, 0.2) is 0 Å². The minimum Gasteiger partial charge on any atom is -0.365 e. The van der Waals surface area contributed by atoms with Crippen LogP contribution in [0.4, 0.5) is 11.6 Å². The monoisotopic (exact) mass is 353 g/mol. The Bertz CT molecular complexity index is 574. The quantitative estimate of drug-likeness (QED) is 0.859. The molecule has 2 rings (SSSR count). The summed E-state index contributed by atoms with van der Waals surface area (Å²) in [5, 5.41) is 5.57. The van der Waals surface area contributed by atoms with Crippen LogP contribution < -0.4 is 10.2 Å². The van der Waals surface area contributed by atoms with Gasteiger partial charge in [0.25, 0.3) is 0 Å². The summed E-state index contributed by atoms with van der Waals surface area (Å²) in [6, 6.07) is 8.23. The predicted octanol–water partition coefficient (Wildman–Crippen LogP) is 4.75. The minimum atomic E-state index is 0.0163. The van der Waals surface area contributed by atoms with Crippen LogP contribution in [-0.2, 0) is 6.54 Å². The Morgan fingerprint density at radius 2 is 2.10 bits per heavy atom. The molecule has 2 aromatic heterocycles. The van der Waals surface area contributed by atoms with Crippen LogP contribution in [0.25, 0.3) is 0 Å². The summed E-state index contributed by atoms with van der Waals surface area (Å²) in [7, 11) is 2.06. The van der Waals surface area contributed by atoms with E-state index in [1.165, 1.54) is 5.56 Å². The molecule has 0 aliphatic heterocycles. The van der Waals surface area contributed by atoms with Crippen LogP contribution in [0, 0.1) is 0 Å². The Hall–Kier alpha value is -1.07. The zero-order valence-electron chi connectivity index (χ0n) is 12.3. The average molecular weight is 354 g/mol. The van der Waals surface area contributed by atoms with E-state index in [0.717, 1.165) is 22.0 Å². The molecule has 0 atom stereocenters. The first-order valence-corrected chi connectivity index (χ1v) is 8.20. The molecular weight excluding hydrogens is 334 g/mol. The molecule has 0 radical (unpaired) electrons. The topological polar surface area (TPSA) is 28.2 Å². The lowest BCUT2D eigenvalue weighted by Gasteiger charge is -2.23. The highest BCUT2D eigenvalue weighted by Crippen LogP contribution is 2.23. The van der Waals surface area contributed by atoms with E-state index in [0.29, 0.717) is 0 Å². The first kappa shape index (κ1) is 15.3. The Kier molecular flexibility index (Phi) is 4.70. The highest BCUT2D eigenvalue weighted by Gasteiger charge is 2.11. The van der Waals surface area contributed by atoms with E-state index in [2.05, 4.69) is 70.4 Å². The molecule has 2 heterocycles. The third-order valence-electron chi connectivity index (χ3n) is 2.67. The highest BCUT2D eigenvalue weighted by molar-refractivity contribution is 9.11. The second-order valence-electron chi connectivity index (χ2n) is 5.87. The zero-order chi connectivity index (χ0) is 14.8. The molecule has 1 N–H and O–H groups in total. The van der Waals surface area contributed by atoms with Gasteiger partial charge in [-0.25, -0.2) is 4.98 Å². The predicted molar refractivity (Wildman–Crippen MR) is 91.7 cm³/mol. The molecule has 3 nitrogen and oxygen atoms in total. The van der Waals surface area contributed by atoms with Crippen molar-refractivity contribution in [2.75, 3.05) is 17.3 Å². The summed E-state index contributed by atoms with van der Waals surface area (Å²) >= 11 is 5.21. The van der Waals surface area contributed by atoms with E-state index >= 15 is 0 Å². The molecule has 0 spiro atoms. The molecule has 108 valence electrons. The lowest BCUT2D eigenvalue weighted by Crippen LogP contribution is -2.27. The molecule has 2 aromatic rings. The number of rotatable bonds is 4. The van der Waals surface area contributed by atoms with Gasteiger partial charge in [-0.2, -0.15) is 0 Å². The molecule has 20 heavy (non-hydrogen) atoms. The van der Waals surface area contributed by atoms with Crippen molar-refractivity contribution in [1.29, 1.82) is 0 Å². The molecule has 0 bridgehead atoms. The van der Waals surface area contributed by atoms with Crippen molar-refractivity contribution < 1.29 is 0 Å². The molecule has 0 aliphatic carbocycles. The summed E-state index contributed by atoms with van der Waals surface area (Å²) in [4.78, 5) is 6.82. The fourth-order valence-electron chi connectivity index (χ4n) is 1.87. The van der Waals surface area contributed by atoms with Gasteiger partial charge in [-0.05, 0) is 65.8 Å². The van der Waals surface area contributed by atoms with Crippen LogP contribution in [0.5, 0.6) is 0 Å². The summed E-state index contributed by atoms with van der Waals surface area (Å²) in [5.74, 6) is 1.88. The lowest BCUT2D eigenvalue weighted by molar-refractivity contribution is 0.630. The molecule has 0 aliphatic rings. The summed E-state index contributed by atoms with van der Waals surface area (Å²) in [6.07, 6.45) is 0. The average Bonchev–Trinajstić information content (AvgIpc) is 2.73. The van der Waals surface area contributed by atoms with Crippen molar-refractivity contribution in [3.63, 3.8) is 0 Å². The van der Waals surface area contributed by atoms with E-state index in [-0.39, 0.29) is 5.54 Å². The van der Waals surface area contributed by atoms with Gasteiger partial charge in [-0.1, -0.05) is 6.07 Å². The number of hydrogen-bond acceptors (Lipinski definition) is 4. The molecule has 0 saturated carbocycles. The minimum absolute atomic E-state index is 0.0163. The first-order chi connectivity index (χ1) is 9.33. The van der Waals surface area contributed by atoms with Crippen molar-refractivity contribution in [2.24, 2.45) is 0 Å². The smallest absolute Gasteiger partial charge is 0.130 e. The fourth-order valence-corrected chi connectivity index (χ4v) is 3.07. The Morgan fingerprint density at radius 3 is 2.70 bits per heavy atom. The third kappa shape index (κ3) is 4.49. The van der Waals surface area contributed by atoms with Crippen molar-refractivity contribution in [3.05, 3.63) is 39.0 Å². The van der Waals surface area contributed by atoms with Crippen LogP contribution in [0.3, 0.4) is 0 Å². The largest absolute Gasteiger partial charge is 0.365 e. The molecule has 0 saturated heterocycles. The van der Waals surface area contributed by atoms with Gasteiger partial charge in [0, 0.05) is 19.1 Å². The van der Waals surface area contributed by atoms with Gasteiger partial charge in [-0.15, -0.1) is 11.3 Å². The number of anilines is 2. The van der Waals surface area contributed by atoms with Gasteiger partial charge in [0.05, 0.1) is 3.79 Å². The zero-order valence-corrected chi connectivity index (χ0v) is 14.7. The van der Waals surface area contributed by atoms with Gasteiger partial charge in [-0.3, -0.25) is 0 Å². The fraction of sp³-hybridized carbons (Fsp3) is 0.400. The lowest BCUT2D eigenvalue weighted by atomic mass is 10.1. The highest BCUT2D eigenvalue weighted by atomic mass is 79.9. The maximum Gasteiger partial charge on any atom is 0.130 e. The molecule has 0 aromatic carbocycles. The normalized spacial score (nSPS) is 11.4. The maximum atomic E-state index is 4.67. The second-order valence-corrected chi connectivity index (χ2v) is 8.16. The van der Waals surface area contributed by atoms with E-state index in [1.54, 1.807) is 11.3 Å². The molecular formula is C15H20BrN3S. The standard InChI is InChI=1S/C15H20BrN3S/c1-15(2,3)18-13-6-5-7-14(17-13)19(4)9-11-8-12(16)20-10-11/h5-8,10H,9H2,1-4H3,(H,17,18). The number of nitrogens with one attached hydrogen (secondary N) is 1. The molecule has 5 heteroatoms. The number of halogens is 1. The van der Waals surface area contributed by atoms with Crippen molar-refractivity contribution in [3.8, 4) is 0 Å². The first-order valence-electron chi connectivity index (χ1n) is 6.53. The molecule has 0 amide bonds. The summed E-state index contributed by atoms with van der Waals surface area (Å²) in [6.45, 7) is 7.25. The van der Waals surface area contributed by atoms with Crippen LogP contribution in [-0.4, -0.2) is 17.6 Å². The van der Waals surface area contributed by atoms with Crippen molar-refractivity contribution in [1.82, 2.24) is 4.98 Å². The van der Waals surface area contributed by atoms with Gasteiger partial charge in [0.2, 0.25) is 0 Å².